The van der Waals surface area contributed by atoms with Crippen molar-refractivity contribution in [2.75, 3.05) is 0 Å². The Morgan fingerprint density at radius 1 is 1.50 bits per heavy atom. The second-order valence-corrected chi connectivity index (χ2v) is 6.13. The smallest absolute Gasteiger partial charge is 0.271 e. The second-order valence-electron chi connectivity index (χ2n) is 5.19. The topological polar surface area (TPSA) is 85.8 Å². The highest BCUT2D eigenvalue weighted by Crippen LogP contribution is 2.20. The Labute approximate surface area is 142 Å². The molecule has 3 aromatic rings. The number of nitrogens with zero attached hydrogens (tertiary/aromatic N) is 3. The molecule has 0 unspecified atom stereocenters. The minimum atomic E-state index is -0.406. The van der Waals surface area contributed by atoms with Crippen LogP contribution in [0.4, 0.5) is 4.39 Å². The van der Waals surface area contributed by atoms with Crippen LogP contribution in [0, 0.1) is 5.82 Å². The third-order valence-electron chi connectivity index (χ3n) is 3.53. The molecule has 0 saturated heterocycles. The molecule has 6 nitrogen and oxygen atoms in total. The lowest BCUT2D eigenvalue weighted by Crippen LogP contribution is -2.27. The molecule has 24 heavy (non-hydrogen) atoms. The van der Waals surface area contributed by atoms with Crippen LogP contribution in [-0.4, -0.2) is 20.7 Å². The van der Waals surface area contributed by atoms with Gasteiger partial charge in [0, 0.05) is 24.3 Å². The van der Waals surface area contributed by atoms with Crippen molar-refractivity contribution in [2.45, 2.75) is 19.5 Å². The molecule has 2 heterocycles. The molecule has 0 aliphatic carbocycles. The van der Waals surface area contributed by atoms with Gasteiger partial charge in [-0.05, 0) is 30.7 Å². The maximum atomic E-state index is 14.3. The minimum Gasteiger partial charge on any atom is -0.344 e. The van der Waals surface area contributed by atoms with Gasteiger partial charge in [0.1, 0.15) is 22.2 Å². The van der Waals surface area contributed by atoms with Crippen LogP contribution >= 0.6 is 11.3 Å². The standard InChI is InChI=1S/C16H16FN5OS/c1-10(20-16(23)13-9-24-15(8-18)21-13)11-3-4-14(12(17)7-11)22-6-2-5-19-22/h2-7,9-10H,8,18H2,1H3,(H,20,23)/t10-/m1/s1. The average Bonchev–Trinajstić information content (AvgIpc) is 3.26. The lowest BCUT2D eigenvalue weighted by molar-refractivity contribution is 0.0935. The van der Waals surface area contributed by atoms with E-state index in [0.717, 1.165) is 0 Å². The fourth-order valence-electron chi connectivity index (χ4n) is 2.25. The fraction of sp³-hybridized carbons (Fsp3) is 0.188. The number of benzene rings is 1. The summed E-state index contributed by atoms with van der Waals surface area (Å²) in [5.41, 5.74) is 6.83. The number of rotatable bonds is 5. The fourth-order valence-corrected chi connectivity index (χ4v) is 2.91. The zero-order chi connectivity index (χ0) is 17.1. The predicted molar refractivity (Wildman–Crippen MR) is 89.4 cm³/mol. The summed E-state index contributed by atoms with van der Waals surface area (Å²) < 4.78 is 15.7. The van der Waals surface area contributed by atoms with Crippen LogP contribution in [0.5, 0.6) is 0 Å². The summed E-state index contributed by atoms with van der Waals surface area (Å²) >= 11 is 1.34. The Balaban J connectivity index is 1.74. The van der Waals surface area contributed by atoms with E-state index >= 15 is 0 Å². The minimum absolute atomic E-state index is 0.299. The first-order valence-corrected chi connectivity index (χ1v) is 8.21. The lowest BCUT2D eigenvalue weighted by Gasteiger charge is -2.14. The largest absolute Gasteiger partial charge is 0.344 e. The van der Waals surface area contributed by atoms with E-state index in [9.17, 15) is 9.18 Å². The van der Waals surface area contributed by atoms with Crippen LogP contribution in [0.25, 0.3) is 5.69 Å². The summed E-state index contributed by atoms with van der Waals surface area (Å²) in [6.07, 6.45) is 3.25. The molecule has 0 aliphatic heterocycles. The first-order chi connectivity index (χ1) is 11.6. The van der Waals surface area contributed by atoms with Gasteiger partial charge in [-0.1, -0.05) is 6.07 Å². The van der Waals surface area contributed by atoms with Gasteiger partial charge in [0.15, 0.2) is 0 Å². The number of thiazole rings is 1. The maximum absolute atomic E-state index is 14.3. The third-order valence-corrected chi connectivity index (χ3v) is 4.40. The molecular formula is C16H16FN5OS. The average molecular weight is 345 g/mol. The van der Waals surface area contributed by atoms with Gasteiger partial charge in [0.25, 0.3) is 5.91 Å². The molecule has 1 atom stereocenters. The molecule has 8 heteroatoms. The van der Waals surface area contributed by atoms with Gasteiger partial charge in [-0.3, -0.25) is 4.79 Å². The number of nitrogens with one attached hydrogen (secondary N) is 1. The number of hydrogen-bond donors (Lipinski definition) is 2. The molecule has 124 valence electrons. The van der Waals surface area contributed by atoms with Crippen LogP contribution in [-0.2, 0) is 6.54 Å². The number of carbonyl (C=O) groups is 1. The zero-order valence-corrected chi connectivity index (χ0v) is 13.8. The molecule has 0 saturated carbocycles. The Hall–Kier alpha value is -2.58. The molecule has 1 aromatic carbocycles. The number of carbonyl (C=O) groups excluding carboxylic acids is 1. The predicted octanol–water partition coefficient (Wildman–Crippen LogP) is 2.42. The van der Waals surface area contributed by atoms with Crippen LogP contribution in [0.1, 0.15) is 34.0 Å². The summed E-state index contributed by atoms with van der Waals surface area (Å²) in [7, 11) is 0. The Morgan fingerprint density at radius 2 is 2.33 bits per heavy atom. The van der Waals surface area contributed by atoms with Crippen LogP contribution < -0.4 is 11.1 Å². The second kappa shape index (κ2) is 6.90. The highest BCUT2D eigenvalue weighted by Gasteiger charge is 2.16. The molecule has 3 N–H and O–H groups in total. The molecule has 1 amide bonds. The van der Waals surface area contributed by atoms with Crippen LogP contribution in [0.15, 0.2) is 42.0 Å². The van der Waals surface area contributed by atoms with E-state index in [1.807, 2.05) is 0 Å². The van der Waals surface area contributed by atoms with Crippen molar-refractivity contribution in [3.8, 4) is 5.69 Å². The lowest BCUT2D eigenvalue weighted by atomic mass is 10.1. The molecule has 3 rings (SSSR count). The van der Waals surface area contributed by atoms with Gasteiger partial charge in [0.05, 0.1) is 6.04 Å². The summed E-state index contributed by atoms with van der Waals surface area (Å²) in [4.78, 5) is 16.3. The van der Waals surface area contributed by atoms with Gasteiger partial charge in [-0.15, -0.1) is 11.3 Å². The Kier molecular flexibility index (Phi) is 4.68. The molecule has 0 bridgehead atoms. The molecule has 2 aromatic heterocycles. The number of aromatic nitrogens is 3. The van der Waals surface area contributed by atoms with Crippen LogP contribution in [0.2, 0.25) is 0 Å². The molecule has 0 spiro atoms. The summed E-state index contributed by atoms with van der Waals surface area (Å²) in [6, 6.07) is 6.16. The normalized spacial score (nSPS) is 12.1. The quantitative estimate of drug-likeness (QED) is 0.743. The van der Waals surface area contributed by atoms with Gasteiger partial charge in [0.2, 0.25) is 0 Å². The first kappa shape index (κ1) is 16.3. The summed E-state index contributed by atoms with van der Waals surface area (Å²) in [5, 5.41) is 9.17. The molecule has 0 aliphatic rings. The van der Waals surface area contributed by atoms with E-state index in [1.165, 1.54) is 22.1 Å². The molecule has 0 fully saturated rings. The van der Waals surface area contributed by atoms with Crippen molar-refractivity contribution >= 4 is 17.2 Å². The van der Waals surface area contributed by atoms with E-state index in [-0.39, 0.29) is 11.9 Å². The van der Waals surface area contributed by atoms with E-state index in [4.69, 9.17) is 5.73 Å². The van der Waals surface area contributed by atoms with E-state index in [0.29, 0.717) is 28.5 Å². The number of nitrogens with two attached hydrogens (primary N) is 1. The SMILES string of the molecule is C[C@@H](NC(=O)c1csc(CN)n1)c1ccc(-n2cccn2)c(F)c1. The van der Waals surface area contributed by atoms with E-state index in [2.05, 4.69) is 15.4 Å². The Bertz CT molecular complexity index is 846. The number of amides is 1. The summed E-state index contributed by atoms with van der Waals surface area (Å²) in [6.45, 7) is 2.09. The number of halogens is 1. The van der Waals surface area contributed by atoms with Gasteiger partial charge in [-0.25, -0.2) is 14.1 Å². The zero-order valence-electron chi connectivity index (χ0n) is 12.9. The Morgan fingerprint density at radius 3 is 2.96 bits per heavy atom. The highest BCUT2D eigenvalue weighted by atomic mass is 32.1. The molecular weight excluding hydrogens is 329 g/mol. The van der Waals surface area contributed by atoms with E-state index < -0.39 is 5.82 Å². The highest BCUT2D eigenvalue weighted by molar-refractivity contribution is 7.09. The van der Waals surface area contributed by atoms with Crippen molar-refractivity contribution in [1.29, 1.82) is 0 Å². The number of hydrogen-bond acceptors (Lipinski definition) is 5. The van der Waals surface area contributed by atoms with Gasteiger partial charge < -0.3 is 11.1 Å². The monoisotopic (exact) mass is 345 g/mol. The van der Waals surface area contributed by atoms with Crippen molar-refractivity contribution < 1.29 is 9.18 Å². The van der Waals surface area contributed by atoms with Crippen LogP contribution in [0.3, 0.4) is 0 Å². The maximum Gasteiger partial charge on any atom is 0.271 e. The third kappa shape index (κ3) is 3.34. The van der Waals surface area contributed by atoms with Crippen molar-refractivity contribution in [3.05, 3.63) is 64.1 Å². The van der Waals surface area contributed by atoms with Gasteiger partial charge in [-0.2, -0.15) is 5.10 Å². The van der Waals surface area contributed by atoms with Crippen molar-refractivity contribution in [2.24, 2.45) is 5.73 Å². The summed E-state index contributed by atoms with van der Waals surface area (Å²) in [5.74, 6) is -0.716. The van der Waals surface area contributed by atoms with Gasteiger partial charge >= 0.3 is 0 Å². The molecule has 0 radical (unpaired) electrons. The van der Waals surface area contributed by atoms with Crippen molar-refractivity contribution in [3.63, 3.8) is 0 Å². The van der Waals surface area contributed by atoms with E-state index in [1.54, 1.807) is 42.9 Å². The van der Waals surface area contributed by atoms with Crippen molar-refractivity contribution in [1.82, 2.24) is 20.1 Å². The first-order valence-electron chi connectivity index (χ1n) is 7.33.